The lowest BCUT2D eigenvalue weighted by Crippen LogP contribution is -2.15. The topological polar surface area (TPSA) is 12.0 Å². The Bertz CT molecular complexity index is 279. The maximum absolute atomic E-state index is 3.50. The van der Waals surface area contributed by atoms with Gasteiger partial charge in [-0.25, -0.2) is 0 Å². The van der Waals surface area contributed by atoms with E-state index >= 15 is 0 Å². The highest BCUT2D eigenvalue weighted by molar-refractivity contribution is 9.11. The van der Waals surface area contributed by atoms with Crippen LogP contribution in [-0.4, -0.2) is 7.05 Å². The van der Waals surface area contributed by atoms with Crippen molar-refractivity contribution in [3.05, 3.63) is 32.7 Å². The lowest BCUT2D eigenvalue weighted by Gasteiger charge is -2.16. The Kier molecular flexibility index (Phi) is 5.13. The molecule has 0 radical (unpaired) electrons. The minimum atomic E-state index is 0.453. The SMILES string of the molecule is CCCC(NC)c1cc(Br)cc(Br)c1. The molecule has 1 aromatic carbocycles. The van der Waals surface area contributed by atoms with Crippen molar-refractivity contribution in [2.45, 2.75) is 25.8 Å². The normalized spacial score (nSPS) is 12.9. The summed E-state index contributed by atoms with van der Waals surface area (Å²) in [5.74, 6) is 0. The molecule has 0 fully saturated rings. The maximum Gasteiger partial charge on any atom is 0.0318 e. The maximum atomic E-state index is 3.50. The average Bonchev–Trinajstić information content (AvgIpc) is 2.12. The van der Waals surface area contributed by atoms with E-state index in [9.17, 15) is 0 Å². The molecule has 1 nitrogen and oxygen atoms in total. The van der Waals surface area contributed by atoms with Gasteiger partial charge in [-0.05, 0) is 37.2 Å². The second-order valence-corrected chi connectivity index (χ2v) is 5.16. The Morgan fingerprint density at radius 3 is 2.21 bits per heavy atom. The van der Waals surface area contributed by atoms with Crippen LogP contribution < -0.4 is 5.32 Å². The van der Waals surface area contributed by atoms with Gasteiger partial charge in [-0.15, -0.1) is 0 Å². The van der Waals surface area contributed by atoms with Gasteiger partial charge in [0.25, 0.3) is 0 Å². The van der Waals surface area contributed by atoms with E-state index in [1.807, 2.05) is 7.05 Å². The standard InChI is InChI=1S/C11H15Br2N/c1-3-4-11(14-2)8-5-9(12)7-10(13)6-8/h5-7,11,14H,3-4H2,1-2H3. The van der Waals surface area contributed by atoms with Gasteiger partial charge in [0.15, 0.2) is 0 Å². The first-order valence-corrected chi connectivity index (χ1v) is 6.39. The Labute approximate surface area is 103 Å². The summed E-state index contributed by atoms with van der Waals surface area (Å²) >= 11 is 7.01. The van der Waals surface area contributed by atoms with E-state index < -0.39 is 0 Å². The van der Waals surface area contributed by atoms with Crippen molar-refractivity contribution in [3.63, 3.8) is 0 Å². The van der Waals surface area contributed by atoms with Crippen LogP contribution in [0.5, 0.6) is 0 Å². The highest BCUT2D eigenvalue weighted by Gasteiger charge is 2.08. The fourth-order valence-electron chi connectivity index (χ4n) is 1.54. The average molecular weight is 321 g/mol. The number of hydrogen-bond donors (Lipinski definition) is 1. The first-order valence-electron chi connectivity index (χ1n) is 4.80. The van der Waals surface area contributed by atoms with Gasteiger partial charge in [0.1, 0.15) is 0 Å². The largest absolute Gasteiger partial charge is 0.313 e. The Balaban J connectivity index is 2.91. The third-order valence-electron chi connectivity index (χ3n) is 2.21. The van der Waals surface area contributed by atoms with Crippen LogP contribution in [0.1, 0.15) is 31.4 Å². The number of rotatable bonds is 4. The zero-order chi connectivity index (χ0) is 10.6. The van der Waals surface area contributed by atoms with Crippen LogP contribution in [0, 0.1) is 0 Å². The van der Waals surface area contributed by atoms with Crippen molar-refractivity contribution in [2.75, 3.05) is 7.05 Å². The van der Waals surface area contributed by atoms with E-state index in [2.05, 4.69) is 62.3 Å². The molecule has 1 N–H and O–H groups in total. The van der Waals surface area contributed by atoms with Gasteiger partial charge in [0, 0.05) is 15.0 Å². The predicted molar refractivity (Wildman–Crippen MR) is 68.6 cm³/mol. The Morgan fingerprint density at radius 2 is 1.79 bits per heavy atom. The lowest BCUT2D eigenvalue weighted by atomic mass is 10.0. The summed E-state index contributed by atoms with van der Waals surface area (Å²) in [6.45, 7) is 2.21. The van der Waals surface area contributed by atoms with Gasteiger partial charge in [0.2, 0.25) is 0 Å². The molecule has 0 saturated carbocycles. The molecular weight excluding hydrogens is 306 g/mol. The van der Waals surface area contributed by atoms with Crippen molar-refractivity contribution >= 4 is 31.9 Å². The van der Waals surface area contributed by atoms with Crippen LogP contribution in [0.15, 0.2) is 27.1 Å². The van der Waals surface area contributed by atoms with E-state index in [4.69, 9.17) is 0 Å². The molecule has 0 bridgehead atoms. The molecule has 0 aliphatic heterocycles. The summed E-state index contributed by atoms with van der Waals surface area (Å²) < 4.78 is 2.25. The van der Waals surface area contributed by atoms with Crippen molar-refractivity contribution in [1.82, 2.24) is 5.32 Å². The van der Waals surface area contributed by atoms with Crippen LogP contribution in [0.3, 0.4) is 0 Å². The van der Waals surface area contributed by atoms with Crippen LogP contribution in [0.4, 0.5) is 0 Å². The van der Waals surface area contributed by atoms with Gasteiger partial charge in [0.05, 0.1) is 0 Å². The molecule has 1 rings (SSSR count). The third kappa shape index (κ3) is 3.37. The van der Waals surface area contributed by atoms with Crippen molar-refractivity contribution in [2.24, 2.45) is 0 Å². The van der Waals surface area contributed by atoms with Crippen molar-refractivity contribution in [1.29, 1.82) is 0 Å². The molecule has 3 heteroatoms. The number of hydrogen-bond acceptors (Lipinski definition) is 1. The van der Waals surface area contributed by atoms with Crippen LogP contribution in [-0.2, 0) is 0 Å². The molecule has 0 heterocycles. The van der Waals surface area contributed by atoms with E-state index in [1.54, 1.807) is 0 Å². The van der Waals surface area contributed by atoms with E-state index in [0.717, 1.165) is 8.95 Å². The van der Waals surface area contributed by atoms with Gasteiger partial charge in [-0.1, -0.05) is 45.2 Å². The smallest absolute Gasteiger partial charge is 0.0318 e. The number of nitrogens with one attached hydrogen (secondary N) is 1. The van der Waals surface area contributed by atoms with Gasteiger partial charge in [-0.3, -0.25) is 0 Å². The Morgan fingerprint density at radius 1 is 1.21 bits per heavy atom. The third-order valence-corrected chi connectivity index (χ3v) is 3.13. The van der Waals surface area contributed by atoms with Crippen molar-refractivity contribution in [3.8, 4) is 0 Å². The molecule has 0 aromatic heterocycles. The second-order valence-electron chi connectivity index (χ2n) is 3.33. The molecular formula is C11H15Br2N. The molecule has 0 aliphatic rings. The van der Waals surface area contributed by atoms with E-state index in [-0.39, 0.29) is 0 Å². The van der Waals surface area contributed by atoms with E-state index in [0.29, 0.717) is 6.04 Å². The first kappa shape index (κ1) is 12.2. The highest BCUT2D eigenvalue weighted by Crippen LogP contribution is 2.26. The molecule has 1 atom stereocenters. The van der Waals surface area contributed by atoms with Gasteiger partial charge >= 0.3 is 0 Å². The molecule has 0 spiro atoms. The second kappa shape index (κ2) is 5.89. The number of halogens is 2. The van der Waals surface area contributed by atoms with Gasteiger partial charge in [-0.2, -0.15) is 0 Å². The molecule has 1 aromatic rings. The van der Waals surface area contributed by atoms with Crippen LogP contribution in [0.2, 0.25) is 0 Å². The molecule has 1 unspecified atom stereocenters. The fraction of sp³-hybridized carbons (Fsp3) is 0.455. The highest BCUT2D eigenvalue weighted by atomic mass is 79.9. The van der Waals surface area contributed by atoms with Crippen LogP contribution in [0.25, 0.3) is 0 Å². The predicted octanol–water partition coefficient (Wildman–Crippen LogP) is 4.27. The summed E-state index contributed by atoms with van der Waals surface area (Å²) in [6.07, 6.45) is 2.36. The Hall–Kier alpha value is 0.140. The summed E-state index contributed by atoms with van der Waals surface area (Å²) in [5, 5.41) is 3.33. The quantitative estimate of drug-likeness (QED) is 0.873. The molecule has 14 heavy (non-hydrogen) atoms. The lowest BCUT2D eigenvalue weighted by molar-refractivity contribution is 0.541. The fourth-order valence-corrected chi connectivity index (χ4v) is 2.87. The molecule has 0 aliphatic carbocycles. The minimum Gasteiger partial charge on any atom is -0.313 e. The number of benzene rings is 1. The van der Waals surface area contributed by atoms with Gasteiger partial charge < -0.3 is 5.32 Å². The minimum absolute atomic E-state index is 0.453. The monoisotopic (exact) mass is 319 g/mol. The zero-order valence-electron chi connectivity index (χ0n) is 8.48. The summed E-state index contributed by atoms with van der Waals surface area (Å²) in [7, 11) is 2.01. The molecule has 0 saturated heterocycles. The van der Waals surface area contributed by atoms with Crippen LogP contribution >= 0.6 is 31.9 Å². The summed E-state index contributed by atoms with van der Waals surface area (Å²) in [4.78, 5) is 0. The summed E-state index contributed by atoms with van der Waals surface area (Å²) in [6, 6.07) is 6.85. The zero-order valence-corrected chi connectivity index (χ0v) is 11.7. The molecule has 78 valence electrons. The first-order chi connectivity index (χ1) is 6.67. The molecule has 0 amide bonds. The van der Waals surface area contributed by atoms with E-state index in [1.165, 1.54) is 18.4 Å². The summed E-state index contributed by atoms with van der Waals surface area (Å²) in [5.41, 5.74) is 1.33. The van der Waals surface area contributed by atoms with Crippen molar-refractivity contribution < 1.29 is 0 Å².